The van der Waals surface area contributed by atoms with E-state index >= 15 is 0 Å². The molecule has 16 heavy (non-hydrogen) atoms. The van der Waals surface area contributed by atoms with Crippen LogP contribution in [-0.2, 0) is 19.6 Å². The minimum absolute atomic E-state index is 0.164. The highest BCUT2D eigenvalue weighted by Crippen LogP contribution is 2.20. The zero-order valence-electron chi connectivity index (χ0n) is 9.26. The molecule has 0 spiro atoms. The molecule has 0 unspecified atom stereocenters. The number of carbonyl (C=O) groups excluding carboxylic acids is 1. The van der Waals surface area contributed by atoms with Crippen LogP contribution in [0.4, 0.5) is 0 Å². The number of ether oxygens (including phenoxy) is 1. The van der Waals surface area contributed by atoms with Gasteiger partial charge in [-0.2, -0.15) is 4.31 Å². The molecule has 1 rings (SSSR count). The van der Waals surface area contributed by atoms with Crippen molar-refractivity contribution in [3.05, 3.63) is 0 Å². The molecule has 1 aliphatic heterocycles. The molecule has 94 valence electrons. The van der Waals surface area contributed by atoms with Gasteiger partial charge in [0.05, 0.1) is 13.2 Å². The highest BCUT2D eigenvalue weighted by molar-refractivity contribution is 7.89. The Kier molecular flexibility index (Phi) is 4.69. The number of aliphatic hydroxyl groups excluding tert-OH is 1. The van der Waals surface area contributed by atoms with E-state index in [1.54, 1.807) is 6.92 Å². The van der Waals surface area contributed by atoms with Gasteiger partial charge in [0, 0.05) is 12.6 Å². The molecule has 1 saturated heterocycles. The van der Waals surface area contributed by atoms with Gasteiger partial charge >= 0.3 is 5.97 Å². The summed E-state index contributed by atoms with van der Waals surface area (Å²) in [7, 11) is -3.64. The van der Waals surface area contributed by atoms with E-state index in [-0.39, 0.29) is 19.3 Å². The minimum Gasteiger partial charge on any atom is -0.465 e. The highest BCUT2D eigenvalue weighted by atomic mass is 32.2. The molecular formula is C9H17NO5S. The number of carbonyl (C=O) groups is 1. The van der Waals surface area contributed by atoms with Gasteiger partial charge in [-0.1, -0.05) is 0 Å². The molecule has 7 heteroatoms. The predicted octanol–water partition coefficient (Wildman–Crippen LogP) is -0.664. The van der Waals surface area contributed by atoms with E-state index in [2.05, 4.69) is 4.74 Å². The van der Waals surface area contributed by atoms with Crippen LogP contribution in [0.15, 0.2) is 0 Å². The second-order valence-corrected chi connectivity index (χ2v) is 5.57. The minimum atomic E-state index is -3.64. The van der Waals surface area contributed by atoms with E-state index in [1.807, 2.05) is 0 Å². The van der Waals surface area contributed by atoms with Crippen molar-refractivity contribution in [3.63, 3.8) is 0 Å². The number of nitrogens with zero attached hydrogens (tertiary/aromatic N) is 1. The van der Waals surface area contributed by atoms with Crippen molar-refractivity contribution in [2.24, 2.45) is 0 Å². The number of hydrogen-bond donors (Lipinski definition) is 1. The smallest absolute Gasteiger partial charge is 0.322 e. The van der Waals surface area contributed by atoms with Crippen molar-refractivity contribution < 1.29 is 23.1 Å². The van der Waals surface area contributed by atoms with Crippen LogP contribution in [0.2, 0.25) is 0 Å². The molecule has 1 heterocycles. The zero-order valence-corrected chi connectivity index (χ0v) is 10.1. The van der Waals surface area contributed by atoms with E-state index in [1.165, 1.54) is 4.31 Å². The van der Waals surface area contributed by atoms with Gasteiger partial charge in [0.25, 0.3) is 0 Å². The molecule has 0 aliphatic carbocycles. The Hall–Kier alpha value is -0.660. The Morgan fingerprint density at radius 3 is 2.81 bits per heavy atom. The first-order valence-corrected chi connectivity index (χ1v) is 6.88. The summed E-state index contributed by atoms with van der Waals surface area (Å²) >= 11 is 0. The fraction of sp³-hybridized carbons (Fsp3) is 0.889. The lowest BCUT2D eigenvalue weighted by molar-refractivity contribution is -0.140. The summed E-state index contributed by atoms with van der Waals surface area (Å²) in [5, 5.41) is 9.01. The maximum atomic E-state index is 11.8. The van der Waals surface area contributed by atoms with Crippen molar-refractivity contribution >= 4 is 16.0 Å². The van der Waals surface area contributed by atoms with Crippen LogP contribution in [0.1, 0.15) is 19.8 Å². The van der Waals surface area contributed by atoms with Gasteiger partial charge in [-0.15, -0.1) is 0 Å². The summed E-state index contributed by atoms with van der Waals surface area (Å²) in [6.07, 6.45) is 1.35. The summed E-state index contributed by atoms with van der Waals surface area (Å²) in [6.45, 7) is 1.95. The van der Waals surface area contributed by atoms with E-state index < -0.39 is 21.7 Å². The van der Waals surface area contributed by atoms with Crippen LogP contribution in [0, 0.1) is 0 Å². The van der Waals surface area contributed by atoms with E-state index in [9.17, 15) is 13.2 Å². The van der Waals surface area contributed by atoms with Crippen molar-refractivity contribution in [1.29, 1.82) is 0 Å². The lowest BCUT2D eigenvalue weighted by atomic mass is 10.2. The van der Waals surface area contributed by atoms with Gasteiger partial charge in [-0.25, -0.2) is 8.42 Å². The number of esters is 1. The molecule has 6 nitrogen and oxygen atoms in total. The average Bonchev–Trinajstić information content (AvgIpc) is 2.65. The fourth-order valence-electron chi connectivity index (χ4n) is 1.79. The van der Waals surface area contributed by atoms with Gasteiger partial charge in [-0.05, 0) is 19.8 Å². The first-order valence-electron chi connectivity index (χ1n) is 5.27. The van der Waals surface area contributed by atoms with E-state index in [0.29, 0.717) is 19.4 Å². The first kappa shape index (κ1) is 13.4. The second-order valence-electron chi connectivity index (χ2n) is 3.65. The molecular weight excluding hydrogens is 234 g/mol. The van der Waals surface area contributed by atoms with E-state index in [4.69, 9.17) is 5.11 Å². The van der Waals surface area contributed by atoms with Crippen LogP contribution in [0.3, 0.4) is 0 Å². The third-order valence-corrected chi connectivity index (χ3v) is 4.29. The molecule has 1 fully saturated rings. The molecule has 0 amide bonds. The first-order chi connectivity index (χ1) is 7.51. The van der Waals surface area contributed by atoms with Gasteiger partial charge in [0.2, 0.25) is 10.0 Å². The Balaban J connectivity index is 2.66. The highest BCUT2D eigenvalue weighted by Gasteiger charge is 2.35. The quantitative estimate of drug-likeness (QED) is 0.655. The maximum Gasteiger partial charge on any atom is 0.322 e. The summed E-state index contributed by atoms with van der Waals surface area (Å²) in [5.74, 6) is -1.39. The van der Waals surface area contributed by atoms with Crippen LogP contribution in [0.5, 0.6) is 0 Å². The molecule has 0 aromatic rings. The van der Waals surface area contributed by atoms with Crippen molar-refractivity contribution in [3.8, 4) is 0 Å². The zero-order chi connectivity index (χ0) is 12.2. The Labute approximate surface area is 95.2 Å². The normalized spacial score (nSPS) is 22.2. The SMILES string of the molecule is CCOC(=O)CS(=O)(=O)N1CCC[C@@H]1CO. The van der Waals surface area contributed by atoms with Crippen LogP contribution in [0.25, 0.3) is 0 Å². The van der Waals surface area contributed by atoms with Gasteiger partial charge in [0.1, 0.15) is 0 Å². The lowest BCUT2D eigenvalue weighted by Crippen LogP contribution is -2.40. The van der Waals surface area contributed by atoms with E-state index in [0.717, 1.165) is 0 Å². The lowest BCUT2D eigenvalue weighted by Gasteiger charge is -2.21. The molecule has 1 N–H and O–H groups in total. The summed E-state index contributed by atoms with van der Waals surface area (Å²) in [4.78, 5) is 11.1. The maximum absolute atomic E-state index is 11.8. The molecule has 0 saturated carbocycles. The van der Waals surface area contributed by atoms with Crippen LogP contribution in [-0.4, -0.2) is 55.4 Å². The largest absolute Gasteiger partial charge is 0.465 e. The third kappa shape index (κ3) is 3.16. The monoisotopic (exact) mass is 251 g/mol. The molecule has 0 bridgehead atoms. The van der Waals surface area contributed by atoms with Crippen LogP contribution >= 0.6 is 0 Å². The fourth-order valence-corrected chi connectivity index (χ4v) is 3.37. The molecule has 1 atom stereocenters. The van der Waals surface area contributed by atoms with Crippen molar-refractivity contribution in [2.45, 2.75) is 25.8 Å². The Morgan fingerprint density at radius 2 is 2.25 bits per heavy atom. The van der Waals surface area contributed by atoms with Crippen molar-refractivity contribution in [2.75, 3.05) is 25.5 Å². The van der Waals surface area contributed by atoms with Gasteiger partial charge in [-0.3, -0.25) is 4.79 Å². The summed E-state index contributed by atoms with van der Waals surface area (Å²) in [5.41, 5.74) is 0. The predicted molar refractivity (Wildman–Crippen MR) is 57.2 cm³/mol. The standard InChI is InChI=1S/C9H17NO5S/c1-2-15-9(12)7-16(13,14)10-5-3-4-8(10)6-11/h8,11H,2-7H2,1H3/t8-/m1/s1. The molecule has 1 aliphatic rings. The van der Waals surface area contributed by atoms with Gasteiger partial charge in [0.15, 0.2) is 5.75 Å². The number of sulfonamides is 1. The average molecular weight is 251 g/mol. The summed E-state index contributed by atoms with van der Waals surface area (Å²) in [6, 6.07) is -0.389. The topological polar surface area (TPSA) is 83.9 Å². The summed E-state index contributed by atoms with van der Waals surface area (Å²) < 4.78 is 29.4. The molecule has 0 aromatic carbocycles. The second kappa shape index (κ2) is 5.60. The molecule has 0 aromatic heterocycles. The molecule has 0 radical (unpaired) electrons. The van der Waals surface area contributed by atoms with Gasteiger partial charge < -0.3 is 9.84 Å². The van der Waals surface area contributed by atoms with Crippen LogP contribution < -0.4 is 0 Å². The van der Waals surface area contributed by atoms with Crippen molar-refractivity contribution in [1.82, 2.24) is 4.31 Å². The number of aliphatic hydroxyl groups is 1. The third-order valence-electron chi connectivity index (χ3n) is 2.50. The Morgan fingerprint density at radius 1 is 1.56 bits per heavy atom. The number of hydrogen-bond acceptors (Lipinski definition) is 5. The Bertz CT molecular complexity index is 340. The number of rotatable bonds is 5.